The second-order valence-electron chi connectivity index (χ2n) is 16.8. The molecule has 3 N–H and O–H groups in total. The van der Waals surface area contributed by atoms with Crippen LogP contribution in [0.2, 0.25) is 0 Å². The maximum atomic E-state index is 14.6. The van der Waals surface area contributed by atoms with Gasteiger partial charge in [0.1, 0.15) is 17.0 Å². The van der Waals surface area contributed by atoms with Crippen LogP contribution in [0.3, 0.4) is 0 Å². The van der Waals surface area contributed by atoms with E-state index in [-0.39, 0.29) is 11.9 Å². The Labute approximate surface area is 383 Å². The molecular formula is C51H63N9O3S. The van der Waals surface area contributed by atoms with Crippen LogP contribution >= 0.6 is 11.8 Å². The van der Waals surface area contributed by atoms with Gasteiger partial charge < -0.3 is 45.2 Å². The van der Waals surface area contributed by atoms with Crippen LogP contribution in [0.25, 0.3) is 0 Å². The fourth-order valence-electron chi connectivity index (χ4n) is 9.42. The number of fused-ring (bicyclic) bond motifs is 8. The number of nitrogens with one attached hydrogen (secondary N) is 3. The van der Waals surface area contributed by atoms with Crippen molar-refractivity contribution in [2.24, 2.45) is 0 Å². The Hall–Kier alpha value is -5.89. The lowest BCUT2D eigenvalue weighted by molar-refractivity contribution is 0.0668. The van der Waals surface area contributed by atoms with Crippen LogP contribution in [-0.2, 0) is 5.54 Å². The van der Waals surface area contributed by atoms with E-state index in [9.17, 15) is 9.59 Å². The lowest BCUT2D eigenvalue weighted by Gasteiger charge is -2.45. The van der Waals surface area contributed by atoms with Gasteiger partial charge in [0, 0.05) is 155 Å². The van der Waals surface area contributed by atoms with E-state index in [0.717, 1.165) is 104 Å². The van der Waals surface area contributed by atoms with Gasteiger partial charge in [-0.2, -0.15) is 0 Å². The molecule has 12 nitrogen and oxygen atoms in total. The Morgan fingerprint density at radius 1 is 0.609 bits per heavy atom. The second kappa shape index (κ2) is 19.1. The van der Waals surface area contributed by atoms with Crippen LogP contribution in [0.1, 0.15) is 54.7 Å². The molecular weight excluding hydrogens is 819 g/mol. The topological polar surface area (TPSA) is 98.9 Å². The molecule has 0 saturated carbocycles. The third-order valence-corrected chi connectivity index (χ3v) is 13.9. The van der Waals surface area contributed by atoms with E-state index < -0.39 is 5.54 Å². The van der Waals surface area contributed by atoms with Crippen LogP contribution in [0.4, 0.5) is 38.9 Å². The highest BCUT2D eigenvalue weighted by molar-refractivity contribution is 7.99. The monoisotopic (exact) mass is 881 g/mol. The van der Waals surface area contributed by atoms with Crippen molar-refractivity contribution in [1.82, 2.24) is 20.9 Å². The molecule has 64 heavy (non-hydrogen) atoms. The Morgan fingerprint density at radius 3 is 1.64 bits per heavy atom. The van der Waals surface area contributed by atoms with E-state index in [4.69, 9.17) is 4.74 Å². The molecule has 0 bridgehead atoms. The summed E-state index contributed by atoms with van der Waals surface area (Å²) in [5.41, 5.74) is 8.89. The van der Waals surface area contributed by atoms with E-state index >= 15 is 0 Å². The molecule has 8 rings (SSSR count). The number of amides is 3. The first kappa shape index (κ1) is 44.7. The lowest BCUT2D eigenvalue weighted by atomic mass is 9.74. The van der Waals surface area contributed by atoms with Gasteiger partial charge in [0.05, 0.1) is 11.4 Å². The number of carbonyl (C=O) groups excluding carboxylic acids is 2. The minimum Gasteiger partial charge on any atom is -0.456 e. The number of hydrogen-bond donors (Lipinski definition) is 3. The molecule has 0 aromatic heterocycles. The highest BCUT2D eigenvalue weighted by atomic mass is 32.2. The minimum atomic E-state index is -0.865. The summed E-state index contributed by atoms with van der Waals surface area (Å²) in [6.45, 7) is 15.7. The third-order valence-electron chi connectivity index (χ3n) is 12.8. The molecule has 5 aromatic rings. The maximum absolute atomic E-state index is 14.6. The molecule has 0 saturated heterocycles. The van der Waals surface area contributed by atoms with Gasteiger partial charge in [0.25, 0.3) is 5.91 Å². The Balaban J connectivity index is 0.944. The van der Waals surface area contributed by atoms with Crippen molar-refractivity contribution < 1.29 is 14.3 Å². The number of benzene rings is 5. The summed E-state index contributed by atoms with van der Waals surface area (Å²) in [5.74, 6) is 1.56. The molecule has 3 aliphatic rings. The van der Waals surface area contributed by atoms with Crippen molar-refractivity contribution in [3.05, 3.63) is 119 Å². The molecule has 5 aromatic carbocycles. The SMILES string of the molecule is CCN(CC)c1ccc2c(c1)Oc1cc(N(CC)CC)ccc1C21c2ccccc2C(=O)N1CCNCCNCCNC(=O)N1c2ccc(N(C)C)cc2Sc2cc(N(C)C)ccc21. The molecule has 0 radical (unpaired) electrons. The Morgan fingerprint density at radius 2 is 1.11 bits per heavy atom. The van der Waals surface area contributed by atoms with Crippen molar-refractivity contribution in [2.75, 3.05) is 118 Å². The predicted molar refractivity (Wildman–Crippen MR) is 264 cm³/mol. The molecule has 1 spiro atoms. The van der Waals surface area contributed by atoms with Gasteiger partial charge in [-0.05, 0) is 87.9 Å². The summed E-state index contributed by atoms with van der Waals surface area (Å²) in [5, 5.41) is 10.2. The number of ether oxygens (including phenoxy) is 1. The minimum absolute atomic E-state index is 0.0135. The molecule has 3 aliphatic heterocycles. The van der Waals surface area contributed by atoms with E-state index in [1.165, 1.54) is 0 Å². The fourth-order valence-corrected chi connectivity index (χ4v) is 10.5. The summed E-state index contributed by atoms with van der Waals surface area (Å²) in [6.07, 6.45) is 0. The van der Waals surface area contributed by atoms with Gasteiger partial charge in [0.15, 0.2) is 0 Å². The molecule has 336 valence electrons. The quantitative estimate of drug-likeness (QED) is 0.0789. The zero-order valence-electron chi connectivity index (χ0n) is 38.6. The standard InChI is InChI=1S/C51H63N9O3S/c1-9-57(10-2)37-17-21-41-45(31-37)63-46-32-38(58(11-3)12-4)18-22-42(46)51(41)40-16-14-13-15-39(40)49(61)59(51)30-29-53-26-25-52-27-28-54-50(62)60-43-23-19-35(55(5)6)33-47(43)64-48-34-36(56(7)8)20-24-44(48)60/h13-24,31-34,52-53H,9-12,25-30H2,1-8H3,(H,54,62). The molecule has 3 heterocycles. The number of hydrogen-bond acceptors (Lipinski definition) is 10. The highest BCUT2D eigenvalue weighted by Crippen LogP contribution is 2.58. The smallest absolute Gasteiger partial charge is 0.326 e. The van der Waals surface area contributed by atoms with Crippen molar-refractivity contribution in [1.29, 1.82) is 0 Å². The maximum Gasteiger partial charge on any atom is 0.326 e. The summed E-state index contributed by atoms with van der Waals surface area (Å²) >= 11 is 1.69. The van der Waals surface area contributed by atoms with Crippen molar-refractivity contribution in [3.8, 4) is 11.5 Å². The molecule has 0 fully saturated rings. The summed E-state index contributed by atoms with van der Waals surface area (Å²) in [6, 6.07) is 33.4. The van der Waals surface area contributed by atoms with Crippen LogP contribution in [-0.4, -0.2) is 110 Å². The summed E-state index contributed by atoms with van der Waals surface area (Å²) in [7, 11) is 8.11. The molecule has 3 amide bonds. The second-order valence-corrected chi connectivity index (χ2v) is 17.9. The van der Waals surface area contributed by atoms with Crippen molar-refractivity contribution in [2.45, 2.75) is 43.0 Å². The van der Waals surface area contributed by atoms with Crippen LogP contribution < -0.4 is 45.2 Å². The van der Waals surface area contributed by atoms with Crippen LogP contribution in [0, 0.1) is 0 Å². The van der Waals surface area contributed by atoms with Gasteiger partial charge >= 0.3 is 6.03 Å². The molecule has 0 unspecified atom stereocenters. The average Bonchev–Trinajstić information content (AvgIpc) is 3.54. The third kappa shape index (κ3) is 8.09. The summed E-state index contributed by atoms with van der Waals surface area (Å²) in [4.78, 5) is 43.3. The zero-order chi connectivity index (χ0) is 45.1. The average molecular weight is 882 g/mol. The molecule has 0 aliphatic carbocycles. The normalized spacial score (nSPS) is 14.0. The number of carbonyl (C=O) groups is 2. The van der Waals surface area contributed by atoms with E-state index in [1.54, 1.807) is 16.7 Å². The Bertz CT molecular complexity index is 2380. The largest absolute Gasteiger partial charge is 0.456 e. The fraction of sp³-hybridized carbons (Fsp3) is 0.373. The first-order valence-electron chi connectivity index (χ1n) is 22.7. The van der Waals surface area contributed by atoms with Gasteiger partial charge in [0.2, 0.25) is 0 Å². The lowest BCUT2D eigenvalue weighted by Crippen LogP contribution is -2.50. The first-order valence-corrected chi connectivity index (χ1v) is 23.5. The van der Waals surface area contributed by atoms with Crippen molar-refractivity contribution in [3.63, 3.8) is 0 Å². The van der Waals surface area contributed by atoms with E-state index in [2.05, 4.69) is 135 Å². The van der Waals surface area contributed by atoms with Gasteiger partial charge in [-0.3, -0.25) is 9.69 Å². The van der Waals surface area contributed by atoms with E-state index in [1.807, 2.05) is 58.5 Å². The van der Waals surface area contributed by atoms with Crippen LogP contribution in [0.5, 0.6) is 11.5 Å². The number of nitrogens with zero attached hydrogens (tertiary/aromatic N) is 6. The number of rotatable bonds is 17. The van der Waals surface area contributed by atoms with Gasteiger partial charge in [-0.25, -0.2) is 4.79 Å². The highest BCUT2D eigenvalue weighted by Gasteiger charge is 2.56. The number of urea groups is 1. The molecule has 13 heteroatoms. The predicted octanol–water partition coefficient (Wildman–Crippen LogP) is 8.56. The van der Waals surface area contributed by atoms with Gasteiger partial charge in [-0.15, -0.1) is 0 Å². The van der Waals surface area contributed by atoms with Crippen LogP contribution in [0.15, 0.2) is 107 Å². The van der Waals surface area contributed by atoms with Crippen molar-refractivity contribution >= 4 is 57.8 Å². The Kier molecular flexibility index (Phi) is 13.3. The van der Waals surface area contributed by atoms with E-state index in [0.29, 0.717) is 39.3 Å². The zero-order valence-corrected chi connectivity index (χ0v) is 39.4. The first-order chi connectivity index (χ1) is 31.0. The molecule has 0 atom stereocenters. The summed E-state index contributed by atoms with van der Waals surface area (Å²) < 4.78 is 6.87. The van der Waals surface area contributed by atoms with Gasteiger partial charge in [-0.1, -0.05) is 42.1 Å². The number of anilines is 6.